The molecule has 0 fully saturated rings. The largest absolute Gasteiger partial charge is 0.312 e. The molecule has 0 aliphatic heterocycles. The van der Waals surface area contributed by atoms with Crippen molar-refractivity contribution in [3.63, 3.8) is 0 Å². The lowest BCUT2D eigenvalue weighted by atomic mass is 10.1. The van der Waals surface area contributed by atoms with Crippen LogP contribution in [0.25, 0.3) is 0 Å². The second kappa shape index (κ2) is 5.70. The second-order valence-corrected chi connectivity index (χ2v) is 5.78. The van der Waals surface area contributed by atoms with Crippen molar-refractivity contribution in [3.8, 4) is 0 Å². The summed E-state index contributed by atoms with van der Waals surface area (Å²) < 4.78 is 0. The molecule has 0 aromatic heterocycles. The molecule has 0 spiro atoms. The van der Waals surface area contributed by atoms with Gasteiger partial charge in [0.2, 0.25) is 0 Å². The SMILES string of the molecule is Cc1ccc(CCCNC(C)(C)C)c(Cl)c1. The third-order valence-electron chi connectivity index (χ3n) is 2.49. The quantitative estimate of drug-likeness (QED) is 0.784. The summed E-state index contributed by atoms with van der Waals surface area (Å²) in [5, 5.41) is 4.38. The van der Waals surface area contributed by atoms with Gasteiger partial charge in [-0.2, -0.15) is 0 Å². The van der Waals surface area contributed by atoms with E-state index in [1.807, 2.05) is 6.07 Å². The molecule has 90 valence electrons. The van der Waals surface area contributed by atoms with Crippen molar-refractivity contribution in [1.82, 2.24) is 5.32 Å². The van der Waals surface area contributed by atoms with Gasteiger partial charge in [-0.15, -0.1) is 0 Å². The lowest BCUT2D eigenvalue weighted by Crippen LogP contribution is -2.36. The summed E-state index contributed by atoms with van der Waals surface area (Å²) in [6.45, 7) is 9.66. The zero-order chi connectivity index (χ0) is 12.2. The van der Waals surface area contributed by atoms with Crippen LogP contribution >= 0.6 is 11.6 Å². The van der Waals surface area contributed by atoms with Gasteiger partial charge in [-0.25, -0.2) is 0 Å². The van der Waals surface area contributed by atoms with Gasteiger partial charge in [0.1, 0.15) is 0 Å². The summed E-state index contributed by atoms with van der Waals surface area (Å²) in [7, 11) is 0. The van der Waals surface area contributed by atoms with Crippen molar-refractivity contribution in [3.05, 3.63) is 34.3 Å². The predicted octanol–water partition coefficient (Wildman–Crippen LogP) is 3.97. The van der Waals surface area contributed by atoms with Gasteiger partial charge >= 0.3 is 0 Å². The van der Waals surface area contributed by atoms with Gasteiger partial charge < -0.3 is 5.32 Å². The number of halogens is 1. The molecular weight excluding hydrogens is 218 g/mol. The fourth-order valence-corrected chi connectivity index (χ4v) is 1.93. The molecule has 2 heteroatoms. The van der Waals surface area contributed by atoms with E-state index in [4.69, 9.17) is 11.6 Å². The van der Waals surface area contributed by atoms with Crippen LogP contribution in [0, 0.1) is 6.92 Å². The van der Waals surface area contributed by atoms with E-state index in [0.29, 0.717) is 0 Å². The number of benzene rings is 1. The maximum atomic E-state index is 6.18. The molecule has 0 aliphatic rings. The highest BCUT2D eigenvalue weighted by Crippen LogP contribution is 2.18. The molecule has 0 radical (unpaired) electrons. The van der Waals surface area contributed by atoms with Crippen LogP contribution in [0.4, 0.5) is 0 Å². The minimum absolute atomic E-state index is 0.205. The molecule has 1 aromatic rings. The van der Waals surface area contributed by atoms with Crippen LogP contribution in [0.15, 0.2) is 18.2 Å². The fraction of sp³-hybridized carbons (Fsp3) is 0.571. The van der Waals surface area contributed by atoms with E-state index >= 15 is 0 Å². The Labute approximate surface area is 104 Å². The first-order valence-corrected chi connectivity index (χ1v) is 6.26. The Morgan fingerprint density at radius 3 is 2.50 bits per heavy atom. The zero-order valence-corrected chi connectivity index (χ0v) is 11.5. The molecule has 1 nitrogen and oxygen atoms in total. The van der Waals surface area contributed by atoms with Crippen molar-refractivity contribution in [1.29, 1.82) is 0 Å². The van der Waals surface area contributed by atoms with Crippen molar-refractivity contribution < 1.29 is 0 Å². The van der Waals surface area contributed by atoms with Gasteiger partial charge in [0.25, 0.3) is 0 Å². The highest BCUT2D eigenvalue weighted by Gasteiger charge is 2.07. The van der Waals surface area contributed by atoms with Crippen LogP contribution in [0.1, 0.15) is 38.3 Å². The van der Waals surface area contributed by atoms with E-state index in [9.17, 15) is 0 Å². The number of nitrogens with one attached hydrogen (secondary N) is 1. The molecule has 0 heterocycles. The summed E-state index contributed by atoms with van der Waals surface area (Å²) in [5.41, 5.74) is 2.68. The van der Waals surface area contributed by atoms with Gasteiger partial charge in [-0.05, 0) is 64.3 Å². The minimum Gasteiger partial charge on any atom is -0.312 e. The zero-order valence-electron chi connectivity index (χ0n) is 10.7. The third-order valence-corrected chi connectivity index (χ3v) is 2.84. The van der Waals surface area contributed by atoms with E-state index in [2.05, 4.69) is 45.1 Å². The van der Waals surface area contributed by atoms with Crippen molar-refractivity contribution in [2.75, 3.05) is 6.54 Å². The van der Waals surface area contributed by atoms with Gasteiger partial charge in [-0.3, -0.25) is 0 Å². The summed E-state index contributed by atoms with van der Waals surface area (Å²) in [4.78, 5) is 0. The van der Waals surface area contributed by atoms with E-state index < -0.39 is 0 Å². The van der Waals surface area contributed by atoms with E-state index in [-0.39, 0.29) is 5.54 Å². The molecular formula is C14H22ClN. The molecule has 1 N–H and O–H groups in total. The Morgan fingerprint density at radius 1 is 1.25 bits per heavy atom. The monoisotopic (exact) mass is 239 g/mol. The van der Waals surface area contributed by atoms with Crippen molar-refractivity contribution in [2.24, 2.45) is 0 Å². The standard InChI is InChI=1S/C14H22ClN/c1-11-7-8-12(13(15)10-11)6-5-9-16-14(2,3)4/h7-8,10,16H,5-6,9H2,1-4H3. The van der Waals surface area contributed by atoms with Crippen LogP contribution in [0.3, 0.4) is 0 Å². The first-order chi connectivity index (χ1) is 7.38. The number of aryl methyl sites for hydroxylation is 2. The molecule has 1 aromatic carbocycles. The highest BCUT2D eigenvalue weighted by atomic mass is 35.5. The number of rotatable bonds is 4. The third kappa shape index (κ3) is 5.00. The van der Waals surface area contributed by atoms with E-state index in [1.165, 1.54) is 11.1 Å². The minimum atomic E-state index is 0.205. The molecule has 0 atom stereocenters. The summed E-state index contributed by atoms with van der Waals surface area (Å²) in [5.74, 6) is 0. The lowest BCUT2D eigenvalue weighted by Gasteiger charge is -2.20. The summed E-state index contributed by atoms with van der Waals surface area (Å²) in [6, 6.07) is 6.29. The van der Waals surface area contributed by atoms with Gasteiger partial charge in [0, 0.05) is 10.6 Å². The first-order valence-electron chi connectivity index (χ1n) is 5.88. The van der Waals surface area contributed by atoms with E-state index in [1.54, 1.807) is 0 Å². The maximum absolute atomic E-state index is 6.18. The van der Waals surface area contributed by atoms with E-state index in [0.717, 1.165) is 24.4 Å². The Bertz CT molecular complexity index is 339. The molecule has 0 saturated heterocycles. The first kappa shape index (κ1) is 13.5. The van der Waals surface area contributed by atoms with Crippen LogP contribution in [-0.2, 0) is 6.42 Å². The van der Waals surface area contributed by atoms with Crippen LogP contribution < -0.4 is 5.32 Å². The average Bonchev–Trinajstić information content (AvgIpc) is 2.13. The normalized spacial score (nSPS) is 11.8. The Kier molecular flexibility index (Phi) is 4.82. The summed E-state index contributed by atoms with van der Waals surface area (Å²) in [6.07, 6.45) is 2.17. The molecule has 16 heavy (non-hydrogen) atoms. The smallest absolute Gasteiger partial charge is 0.0440 e. The number of hydrogen-bond donors (Lipinski definition) is 1. The van der Waals surface area contributed by atoms with Crippen molar-refractivity contribution >= 4 is 11.6 Å². The van der Waals surface area contributed by atoms with Crippen molar-refractivity contribution in [2.45, 2.75) is 46.1 Å². The van der Waals surface area contributed by atoms with Crippen LogP contribution in [0.2, 0.25) is 5.02 Å². The summed E-state index contributed by atoms with van der Waals surface area (Å²) >= 11 is 6.18. The molecule has 0 aliphatic carbocycles. The second-order valence-electron chi connectivity index (χ2n) is 5.38. The Hall–Kier alpha value is -0.530. The lowest BCUT2D eigenvalue weighted by molar-refractivity contribution is 0.422. The molecule has 0 saturated carbocycles. The topological polar surface area (TPSA) is 12.0 Å². The molecule has 1 rings (SSSR count). The van der Waals surface area contributed by atoms with Crippen LogP contribution in [-0.4, -0.2) is 12.1 Å². The van der Waals surface area contributed by atoms with Gasteiger partial charge in [0.15, 0.2) is 0 Å². The van der Waals surface area contributed by atoms with Crippen LogP contribution in [0.5, 0.6) is 0 Å². The highest BCUT2D eigenvalue weighted by molar-refractivity contribution is 6.31. The molecule has 0 amide bonds. The average molecular weight is 240 g/mol. The number of hydrogen-bond acceptors (Lipinski definition) is 1. The van der Waals surface area contributed by atoms with Gasteiger partial charge in [-0.1, -0.05) is 23.7 Å². The molecule has 0 bridgehead atoms. The molecule has 0 unspecified atom stereocenters. The Morgan fingerprint density at radius 2 is 1.94 bits per heavy atom. The predicted molar refractivity (Wildman–Crippen MR) is 72.3 cm³/mol. The Balaban J connectivity index is 2.38. The maximum Gasteiger partial charge on any atom is 0.0440 e. The van der Waals surface area contributed by atoms with Gasteiger partial charge in [0.05, 0.1) is 0 Å². The fourth-order valence-electron chi connectivity index (χ4n) is 1.60.